The first-order chi connectivity index (χ1) is 13.8. The summed E-state index contributed by atoms with van der Waals surface area (Å²) in [5.74, 6) is 0.875. The van der Waals surface area contributed by atoms with Crippen LogP contribution in [0.3, 0.4) is 0 Å². The number of nitriles is 1. The van der Waals surface area contributed by atoms with Gasteiger partial charge in [-0.15, -0.1) is 0 Å². The Balaban J connectivity index is 1.50. The number of rotatable bonds is 6. The van der Waals surface area contributed by atoms with Crippen molar-refractivity contribution in [2.24, 2.45) is 0 Å². The maximum absolute atomic E-state index is 9.24. The molecule has 0 amide bonds. The second-order valence-corrected chi connectivity index (χ2v) is 6.75. The zero-order valence-corrected chi connectivity index (χ0v) is 15.5. The highest BCUT2D eigenvalue weighted by Gasteiger charge is 2.27. The van der Waals surface area contributed by atoms with Crippen molar-refractivity contribution in [3.05, 3.63) is 83.8 Å². The van der Waals surface area contributed by atoms with Gasteiger partial charge in [-0.1, -0.05) is 36.4 Å². The second-order valence-electron chi connectivity index (χ2n) is 6.75. The van der Waals surface area contributed by atoms with Crippen molar-refractivity contribution in [1.29, 1.82) is 5.26 Å². The lowest BCUT2D eigenvalue weighted by molar-refractivity contribution is 0.471. The third-order valence-electron chi connectivity index (χ3n) is 4.96. The Labute approximate surface area is 164 Å². The molecular weight excluding hydrogens is 348 g/mol. The predicted molar refractivity (Wildman–Crippen MR) is 110 cm³/mol. The number of hydrogen-bond donors (Lipinski definition) is 3. The Hall–Kier alpha value is -3.43. The number of hydrogen-bond acceptors (Lipinski definition) is 6. The molecular formula is C22H22N6. The molecule has 140 valence electrons. The van der Waals surface area contributed by atoms with Gasteiger partial charge in [-0.25, -0.2) is 9.97 Å². The van der Waals surface area contributed by atoms with Gasteiger partial charge in [-0.05, 0) is 42.3 Å². The Kier molecular flexibility index (Phi) is 5.46. The first kappa shape index (κ1) is 18.0. The van der Waals surface area contributed by atoms with Crippen LogP contribution in [0.1, 0.15) is 22.9 Å². The monoisotopic (exact) mass is 370 g/mol. The van der Waals surface area contributed by atoms with E-state index < -0.39 is 0 Å². The van der Waals surface area contributed by atoms with Crippen LogP contribution in [0, 0.1) is 11.3 Å². The van der Waals surface area contributed by atoms with Gasteiger partial charge in [-0.2, -0.15) is 5.26 Å². The third-order valence-corrected chi connectivity index (χ3v) is 4.96. The number of nitrogens with one attached hydrogen (secondary N) is 3. The summed E-state index contributed by atoms with van der Waals surface area (Å²) in [5, 5.41) is 19.9. The van der Waals surface area contributed by atoms with Gasteiger partial charge in [0.25, 0.3) is 0 Å². The van der Waals surface area contributed by atoms with E-state index in [0.717, 1.165) is 36.6 Å². The summed E-state index contributed by atoms with van der Waals surface area (Å²) in [7, 11) is 0. The highest BCUT2D eigenvalue weighted by atomic mass is 15.2. The van der Waals surface area contributed by atoms with Crippen LogP contribution in [-0.4, -0.2) is 29.1 Å². The van der Waals surface area contributed by atoms with E-state index in [1.54, 1.807) is 12.4 Å². The van der Waals surface area contributed by atoms with Crippen molar-refractivity contribution in [2.45, 2.75) is 18.5 Å². The summed E-state index contributed by atoms with van der Waals surface area (Å²) in [6, 6.07) is 20.6. The minimum atomic E-state index is 0.103. The molecule has 4 rings (SSSR count). The molecule has 3 heterocycles. The molecule has 0 bridgehead atoms. The molecule has 1 aliphatic rings. The zero-order chi connectivity index (χ0) is 19.2. The Bertz CT molecular complexity index is 966. The molecule has 0 aliphatic carbocycles. The molecule has 2 aromatic heterocycles. The average Bonchev–Trinajstić information content (AvgIpc) is 2.77. The van der Waals surface area contributed by atoms with E-state index in [-0.39, 0.29) is 12.1 Å². The molecule has 6 heteroatoms. The fourth-order valence-electron chi connectivity index (χ4n) is 3.57. The van der Waals surface area contributed by atoms with Gasteiger partial charge in [0, 0.05) is 18.9 Å². The fourth-order valence-corrected chi connectivity index (χ4v) is 3.57. The highest BCUT2D eigenvalue weighted by Crippen LogP contribution is 2.28. The third kappa shape index (κ3) is 3.95. The van der Waals surface area contributed by atoms with Crippen LogP contribution in [0.5, 0.6) is 0 Å². The quantitative estimate of drug-likeness (QED) is 0.618. The topological polar surface area (TPSA) is 85.7 Å². The highest BCUT2D eigenvalue weighted by molar-refractivity contribution is 5.67. The van der Waals surface area contributed by atoms with Gasteiger partial charge >= 0.3 is 0 Å². The summed E-state index contributed by atoms with van der Waals surface area (Å²) in [6.45, 7) is 1.54. The van der Waals surface area contributed by atoms with Gasteiger partial charge in [0.1, 0.15) is 17.6 Å². The lowest BCUT2D eigenvalue weighted by Crippen LogP contribution is -2.44. The van der Waals surface area contributed by atoms with E-state index in [2.05, 4.69) is 56.3 Å². The van der Waals surface area contributed by atoms with E-state index in [1.165, 1.54) is 5.56 Å². The summed E-state index contributed by atoms with van der Waals surface area (Å²) < 4.78 is 0. The fraction of sp³-hybridized carbons (Fsp3) is 0.227. The summed E-state index contributed by atoms with van der Waals surface area (Å²) in [5.41, 5.74) is 3.70. The number of fused-ring (bicyclic) bond motifs is 1. The number of nitrogens with zero attached hydrogens (tertiary/aromatic N) is 3. The van der Waals surface area contributed by atoms with Crippen LogP contribution in [-0.2, 0) is 6.42 Å². The largest absolute Gasteiger partial charge is 0.380 e. The first-order valence-corrected chi connectivity index (χ1v) is 9.43. The number of anilines is 2. The standard InChI is InChI=1S/C22H22N6/c23-14-19-16(8-4-11-24-19)10-13-25-21(17-6-2-1-3-7-17)20-15-27-18-9-5-12-26-22(18)28-20/h1-9,11-12,20-21,25,27H,10,13,15H2,(H,26,28)/t20-,21-/m1/s1. The summed E-state index contributed by atoms with van der Waals surface area (Å²) in [6.07, 6.45) is 4.20. The molecule has 2 atom stereocenters. The van der Waals surface area contributed by atoms with Gasteiger partial charge in [0.05, 0.1) is 17.8 Å². The molecule has 1 aromatic carbocycles. The van der Waals surface area contributed by atoms with Crippen molar-refractivity contribution in [2.75, 3.05) is 23.7 Å². The summed E-state index contributed by atoms with van der Waals surface area (Å²) >= 11 is 0. The van der Waals surface area contributed by atoms with Gasteiger partial charge in [0.15, 0.2) is 0 Å². The molecule has 3 aromatic rings. The maximum Gasteiger partial charge on any atom is 0.149 e. The van der Waals surface area contributed by atoms with Gasteiger partial charge in [0.2, 0.25) is 0 Å². The molecule has 0 saturated carbocycles. The lowest BCUT2D eigenvalue weighted by Gasteiger charge is -2.34. The summed E-state index contributed by atoms with van der Waals surface area (Å²) in [4.78, 5) is 8.60. The number of benzene rings is 1. The van der Waals surface area contributed by atoms with Crippen LogP contribution in [0.25, 0.3) is 0 Å². The number of aromatic nitrogens is 2. The van der Waals surface area contributed by atoms with E-state index >= 15 is 0 Å². The molecule has 28 heavy (non-hydrogen) atoms. The maximum atomic E-state index is 9.24. The van der Waals surface area contributed by atoms with Crippen molar-refractivity contribution in [1.82, 2.24) is 15.3 Å². The molecule has 0 radical (unpaired) electrons. The average molecular weight is 370 g/mol. The van der Waals surface area contributed by atoms with Crippen LogP contribution in [0.2, 0.25) is 0 Å². The second kappa shape index (κ2) is 8.51. The Morgan fingerprint density at radius 2 is 1.89 bits per heavy atom. The van der Waals surface area contributed by atoms with E-state index in [1.807, 2.05) is 30.3 Å². The normalized spacial score (nSPS) is 16.2. The van der Waals surface area contributed by atoms with Crippen molar-refractivity contribution < 1.29 is 0 Å². The van der Waals surface area contributed by atoms with Crippen molar-refractivity contribution >= 4 is 11.5 Å². The minimum Gasteiger partial charge on any atom is -0.380 e. The van der Waals surface area contributed by atoms with Crippen LogP contribution in [0.15, 0.2) is 67.0 Å². The minimum absolute atomic E-state index is 0.103. The van der Waals surface area contributed by atoms with Gasteiger partial charge in [-0.3, -0.25) is 0 Å². The first-order valence-electron chi connectivity index (χ1n) is 9.43. The van der Waals surface area contributed by atoms with E-state index in [9.17, 15) is 5.26 Å². The van der Waals surface area contributed by atoms with E-state index in [0.29, 0.717) is 5.69 Å². The van der Waals surface area contributed by atoms with Crippen molar-refractivity contribution in [3.63, 3.8) is 0 Å². The Morgan fingerprint density at radius 1 is 1.07 bits per heavy atom. The van der Waals surface area contributed by atoms with Crippen molar-refractivity contribution in [3.8, 4) is 6.07 Å². The van der Waals surface area contributed by atoms with Crippen LogP contribution < -0.4 is 16.0 Å². The van der Waals surface area contributed by atoms with Crippen LogP contribution in [0.4, 0.5) is 11.5 Å². The predicted octanol–water partition coefficient (Wildman–Crippen LogP) is 3.13. The SMILES string of the molecule is N#Cc1ncccc1CCN[C@H](c1ccccc1)[C@H]1CNc2cccnc2N1. The molecule has 1 aliphatic heterocycles. The van der Waals surface area contributed by atoms with Crippen LogP contribution >= 0.6 is 0 Å². The molecule has 6 nitrogen and oxygen atoms in total. The molecule has 3 N–H and O–H groups in total. The zero-order valence-electron chi connectivity index (χ0n) is 15.5. The molecule has 0 spiro atoms. The molecule has 0 unspecified atom stereocenters. The molecule has 0 saturated heterocycles. The van der Waals surface area contributed by atoms with E-state index in [4.69, 9.17) is 0 Å². The lowest BCUT2D eigenvalue weighted by atomic mass is 9.97. The molecule has 0 fully saturated rings. The smallest absolute Gasteiger partial charge is 0.149 e. The Morgan fingerprint density at radius 3 is 2.75 bits per heavy atom. The van der Waals surface area contributed by atoms with Gasteiger partial charge < -0.3 is 16.0 Å². The number of pyridine rings is 2.